The van der Waals surface area contributed by atoms with E-state index in [1.807, 2.05) is 25.5 Å². The van der Waals surface area contributed by atoms with E-state index in [-0.39, 0.29) is 0 Å². The first-order chi connectivity index (χ1) is 8.33. The minimum atomic E-state index is 0.601. The third kappa shape index (κ3) is 2.05. The molecular formula is C12H17N5. The summed E-state index contributed by atoms with van der Waals surface area (Å²) in [6.07, 6.45) is 11.0. The smallest absolute Gasteiger partial charge is 0.208 e. The first kappa shape index (κ1) is 10.4. The first-order valence-corrected chi connectivity index (χ1v) is 6.12. The second-order valence-electron chi connectivity index (χ2n) is 4.60. The largest absolute Gasteiger partial charge is 0.314 e. The number of hydrogen-bond acceptors (Lipinski definition) is 3. The third-order valence-electron chi connectivity index (χ3n) is 3.34. The summed E-state index contributed by atoms with van der Waals surface area (Å²) in [5.74, 6) is 1.74. The predicted octanol–water partition coefficient (Wildman–Crippen LogP) is 2.48. The molecule has 0 aromatic carbocycles. The number of aryl methyl sites for hydroxylation is 1. The average Bonchev–Trinajstić information content (AvgIpc) is 3.00. The Morgan fingerprint density at radius 2 is 2.12 bits per heavy atom. The van der Waals surface area contributed by atoms with Crippen molar-refractivity contribution in [3.63, 3.8) is 0 Å². The maximum absolute atomic E-state index is 4.37. The fourth-order valence-corrected chi connectivity index (χ4v) is 2.48. The van der Waals surface area contributed by atoms with Gasteiger partial charge in [-0.15, -0.1) is 0 Å². The first-order valence-electron chi connectivity index (χ1n) is 6.12. The molecule has 0 saturated heterocycles. The molecule has 2 heterocycles. The van der Waals surface area contributed by atoms with E-state index in [1.165, 1.54) is 25.7 Å². The summed E-state index contributed by atoms with van der Waals surface area (Å²) in [6.45, 7) is 0. The van der Waals surface area contributed by atoms with Gasteiger partial charge < -0.3 is 9.88 Å². The normalized spacial score (nSPS) is 16.5. The fourth-order valence-electron chi connectivity index (χ4n) is 2.48. The Labute approximate surface area is 100 Å². The van der Waals surface area contributed by atoms with E-state index < -0.39 is 0 Å². The molecule has 2 aromatic heterocycles. The molecule has 90 valence electrons. The molecule has 0 bridgehead atoms. The monoisotopic (exact) mass is 231 g/mol. The van der Waals surface area contributed by atoms with Crippen molar-refractivity contribution in [3.8, 4) is 0 Å². The van der Waals surface area contributed by atoms with E-state index in [1.54, 1.807) is 4.68 Å². The van der Waals surface area contributed by atoms with Crippen LogP contribution < -0.4 is 5.32 Å². The molecule has 0 aliphatic heterocycles. The van der Waals surface area contributed by atoms with Crippen molar-refractivity contribution >= 4 is 11.8 Å². The van der Waals surface area contributed by atoms with E-state index >= 15 is 0 Å². The van der Waals surface area contributed by atoms with Gasteiger partial charge >= 0.3 is 0 Å². The van der Waals surface area contributed by atoms with Gasteiger partial charge in [-0.3, -0.25) is 4.68 Å². The molecule has 1 aliphatic carbocycles. The quantitative estimate of drug-likeness (QED) is 0.882. The molecule has 17 heavy (non-hydrogen) atoms. The van der Waals surface area contributed by atoms with Crippen molar-refractivity contribution in [2.45, 2.75) is 31.7 Å². The van der Waals surface area contributed by atoms with Crippen molar-refractivity contribution < 1.29 is 0 Å². The number of rotatable bonds is 3. The summed E-state index contributed by atoms with van der Waals surface area (Å²) in [5.41, 5.74) is 0. The Balaban J connectivity index is 1.81. The third-order valence-corrected chi connectivity index (χ3v) is 3.34. The SMILES string of the molecule is Cn1ccc(Nc2nccn2C2CCCC2)n1. The molecule has 0 amide bonds. The van der Waals surface area contributed by atoms with Gasteiger partial charge in [0.2, 0.25) is 5.95 Å². The van der Waals surface area contributed by atoms with Crippen molar-refractivity contribution in [1.82, 2.24) is 19.3 Å². The Bertz CT molecular complexity index is 492. The number of anilines is 2. The van der Waals surface area contributed by atoms with E-state index in [0.29, 0.717) is 6.04 Å². The lowest BCUT2D eigenvalue weighted by Gasteiger charge is -2.14. The van der Waals surface area contributed by atoms with Crippen molar-refractivity contribution in [2.75, 3.05) is 5.32 Å². The summed E-state index contributed by atoms with van der Waals surface area (Å²) in [4.78, 5) is 4.37. The van der Waals surface area contributed by atoms with Crippen LogP contribution in [0.4, 0.5) is 11.8 Å². The second-order valence-corrected chi connectivity index (χ2v) is 4.60. The van der Waals surface area contributed by atoms with Crippen LogP contribution in [-0.4, -0.2) is 19.3 Å². The van der Waals surface area contributed by atoms with Crippen molar-refractivity contribution in [2.24, 2.45) is 7.05 Å². The molecule has 0 spiro atoms. The van der Waals surface area contributed by atoms with Crippen LogP contribution in [-0.2, 0) is 7.05 Å². The number of hydrogen-bond donors (Lipinski definition) is 1. The Morgan fingerprint density at radius 1 is 1.29 bits per heavy atom. The maximum Gasteiger partial charge on any atom is 0.208 e. The topological polar surface area (TPSA) is 47.7 Å². The van der Waals surface area contributed by atoms with Gasteiger partial charge in [0.1, 0.15) is 0 Å². The highest BCUT2D eigenvalue weighted by Crippen LogP contribution is 2.31. The molecule has 1 N–H and O–H groups in total. The van der Waals surface area contributed by atoms with Crippen LogP contribution in [0.1, 0.15) is 31.7 Å². The summed E-state index contributed by atoms with van der Waals surface area (Å²) >= 11 is 0. The van der Waals surface area contributed by atoms with Gasteiger partial charge in [-0.05, 0) is 12.8 Å². The van der Waals surface area contributed by atoms with Crippen molar-refractivity contribution in [1.29, 1.82) is 0 Å². The van der Waals surface area contributed by atoms with Gasteiger partial charge in [-0.2, -0.15) is 5.10 Å². The van der Waals surface area contributed by atoms with Crippen LogP contribution in [0, 0.1) is 0 Å². The molecule has 5 heteroatoms. The Morgan fingerprint density at radius 3 is 2.82 bits per heavy atom. The molecule has 1 fully saturated rings. The molecule has 1 aliphatic rings. The van der Waals surface area contributed by atoms with E-state index in [0.717, 1.165) is 11.8 Å². The van der Waals surface area contributed by atoms with Gasteiger partial charge in [0.15, 0.2) is 5.82 Å². The van der Waals surface area contributed by atoms with Gasteiger partial charge in [0.25, 0.3) is 0 Å². The predicted molar refractivity (Wildman–Crippen MR) is 66.2 cm³/mol. The van der Waals surface area contributed by atoms with Crippen LogP contribution >= 0.6 is 0 Å². The molecule has 2 aromatic rings. The zero-order valence-electron chi connectivity index (χ0n) is 10.0. The Kier molecular flexibility index (Phi) is 2.59. The molecule has 1 saturated carbocycles. The van der Waals surface area contributed by atoms with E-state index in [2.05, 4.69) is 26.2 Å². The van der Waals surface area contributed by atoms with E-state index in [4.69, 9.17) is 0 Å². The molecule has 0 atom stereocenters. The molecule has 0 unspecified atom stereocenters. The number of imidazole rings is 1. The minimum Gasteiger partial charge on any atom is -0.314 e. The Hall–Kier alpha value is -1.78. The van der Waals surface area contributed by atoms with Crippen LogP contribution in [0.15, 0.2) is 24.7 Å². The highest BCUT2D eigenvalue weighted by Gasteiger charge is 2.19. The highest BCUT2D eigenvalue weighted by molar-refractivity contribution is 5.47. The minimum absolute atomic E-state index is 0.601. The van der Waals surface area contributed by atoms with Gasteiger partial charge in [-0.25, -0.2) is 4.98 Å². The van der Waals surface area contributed by atoms with Crippen LogP contribution in [0.25, 0.3) is 0 Å². The lowest BCUT2D eigenvalue weighted by Crippen LogP contribution is -2.08. The lowest BCUT2D eigenvalue weighted by molar-refractivity contribution is 0.524. The number of nitrogens with zero attached hydrogens (tertiary/aromatic N) is 4. The lowest BCUT2D eigenvalue weighted by atomic mass is 10.2. The van der Waals surface area contributed by atoms with Gasteiger partial charge in [-0.1, -0.05) is 12.8 Å². The van der Waals surface area contributed by atoms with Gasteiger partial charge in [0, 0.05) is 37.7 Å². The summed E-state index contributed by atoms with van der Waals surface area (Å²) in [6, 6.07) is 2.55. The summed E-state index contributed by atoms with van der Waals surface area (Å²) < 4.78 is 4.02. The van der Waals surface area contributed by atoms with Crippen LogP contribution in [0.5, 0.6) is 0 Å². The standard InChI is InChI=1S/C12H17N5/c1-16-8-6-11(15-16)14-12-13-7-9-17(12)10-4-2-3-5-10/h6-10H,2-5H2,1H3,(H,13,14,15). The molecule has 0 radical (unpaired) electrons. The number of nitrogens with one attached hydrogen (secondary N) is 1. The van der Waals surface area contributed by atoms with Crippen LogP contribution in [0.2, 0.25) is 0 Å². The van der Waals surface area contributed by atoms with Gasteiger partial charge in [0.05, 0.1) is 0 Å². The summed E-state index contributed by atoms with van der Waals surface area (Å²) in [5, 5.41) is 7.58. The number of aromatic nitrogens is 4. The average molecular weight is 231 g/mol. The molecule has 3 rings (SSSR count). The van der Waals surface area contributed by atoms with Crippen LogP contribution in [0.3, 0.4) is 0 Å². The van der Waals surface area contributed by atoms with E-state index in [9.17, 15) is 0 Å². The zero-order valence-corrected chi connectivity index (χ0v) is 10.0. The fraction of sp³-hybridized carbons (Fsp3) is 0.500. The highest BCUT2D eigenvalue weighted by atomic mass is 15.3. The maximum atomic E-state index is 4.37. The summed E-state index contributed by atoms with van der Waals surface area (Å²) in [7, 11) is 1.91. The molecule has 5 nitrogen and oxygen atoms in total. The van der Waals surface area contributed by atoms with Crippen molar-refractivity contribution in [3.05, 3.63) is 24.7 Å². The second kappa shape index (κ2) is 4.24. The zero-order chi connectivity index (χ0) is 11.7. The molecular weight excluding hydrogens is 214 g/mol.